The van der Waals surface area contributed by atoms with Crippen molar-refractivity contribution in [2.24, 2.45) is 0 Å². The highest BCUT2D eigenvalue weighted by Crippen LogP contribution is 2.29. The highest BCUT2D eigenvalue weighted by atomic mass is 16.5. The predicted octanol–water partition coefficient (Wildman–Crippen LogP) is 4.05. The van der Waals surface area contributed by atoms with E-state index in [2.05, 4.69) is 15.5 Å². The Balaban J connectivity index is 1.48. The SMILES string of the molecule is Cc1nc([C@H]2CCCN(C(=O)Nc3ccccc3-c3ccco3)C2)no1. The average molecular weight is 352 g/mol. The van der Waals surface area contributed by atoms with Crippen molar-refractivity contribution in [2.75, 3.05) is 18.4 Å². The first-order valence-corrected chi connectivity index (χ1v) is 8.70. The van der Waals surface area contributed by atoms with Crippen molar-refractivity contribution in [3.8, 4) is 11.3 Å². The topological polar surface area (TPSA) is 84.4 Å². The summed E-state index contributed by atoms with van der Waals surface area (Å²) in [7, 11) is 0. The van der Waals surface area contributed by atoms with E-state index in [1.165, 1.54) is 0 Å². The number of hydrogen-bond acceptors (Lipinski definition) is 5. The van der Waals surface area contributed by atoms with E-state index in [9.17, 15) is 4.79 Å². The lowest BCUT2D eigenvalue weighted by Crippen LogP contribution is -2.41. The van der Waals surface area contributed by atoms with Crippen LogP contribution in [0.3, 0.4) is 0 Å². The highest BCUT2D eigenvalue weighted by molar-refractivity contribution is 5.93. The second kappa shape index (κ2) is 7.03. The van der Waals surface area contributed by atoms with E-state index < -0.39 is 0 Å². The van der Waals surface area contributed by atoms with Crippen LogP contribution in [0.1, 0.15) is 30.5 Å². The molecule has 2 aromatic heterocycles. The lowest BCUT2D eigenvalue weighted by molar-refractivity contribution is 0.190. The van der Waals surface area contributed by atoms with Crippen molar-refractivity contribution in [3.63, 3.8) is 0 Å². The fourth-order valence-corrected chi connectivity index (χ4v) is 3.29. The van der Waals surface area contributed by atoms with E-state index in [-0.39, 0.29) is 11.9 Å². The summed E-state index contributed by atoms with van der Waals surface area (Å²) < 4.78 is 10.5. The summed E-state index contributed by atoms with van der Waals surface area (Å²) in [6.45, 7) is 3.06. The third-order valence-corrected chi connectivity index (χ3v) is 4.57. The Morgan fingerprint density at radius 3 is 2.92 bits per heavy atom. The minimum absolute atomic E-state index is 0.104. The summed E-state index contributed by atoms with van der Waals surface area (Å²) >= 11 is 0. The number of carbonyl (C=O) groups is 1. The predicted molar refractivity (Wildman–Crippen MR) is 95.7 cm³/mol. The summed E-state index contributed by atoms with van der Waals surface area (Å²) in [5, 5.41) is 7.02. The Kier molecular flexibility index (Phi) is 4.43. The van der Waals surface area contributed by atoms with Gasteiger partial charge in [0.1, 0.15) is 5.76 Å². The normalized spacial score (nSPS) is 17.3. The van der Waals surface area contributed by atoms with Crippen LogP contribution < -0.4 is 5.32 Å². The Morgan fingerprint density at radius 2 is 2.15 bits per heavy atom. The Hall–Kier alpha value is -3.09. The van der Waals surface area contributed by atoms with Crippen molar-refractivity contribution >= 4 is 11.7 Å². The van der Waals surface area contributed by atoms with Crippen LogP contribution in [-0.2, 0) is 0 Å². The Morgan fingerprint density at radius 1 is 1.27 bits per heavy atom. The number of nitrogens with one attached hydrogen (secondary N) is 1. The van der Waals surface area contributed by atoms with E-state index in [1.54, 1.807) is 18.1 Å². The minimum atomic E-state index is -0.131. The zero-order valence-corrected chi connectivity index (χ0v) is 14.5. The van der Waals surface area contributed by atoms with Gasteiger partial charge in [-0.3, -0.25) is 0 Å². The van der Waals surface area contributed by atoms with E-state index >= 15 is 0 Å². The second-order valence-electron chi connectivity index (χ2n) is 6.41. The molecular formula is C19H20N4O3. The quantitative estimate of drug-likeness (QED) is 0.769. The number of nitrogens with zero attached hydrogens (tertiary/aromatic N) is 3. The van der Waals surface area contributed by atoms with Crippen molar-refractivity contribution in [2.45, 2.75) is 25.7 Å². The van der Waals surface area contributed by atoms with E-state index in [4.69, 9.17) is 8.94 Å². The minimum Gasteiger partial charge on any atom is -0.464 e. The van der Waals surface area contributed by atoms with E-state index in [0.29, 0.717) is 24.8 Å². The first kappa shape index (κ1) is 16.4. The smallest absolute Gasteiger partial charge is 0.321 e. The molecule has 2 amide bonds. The Labute approximate surface area is 151 Å². The molecule has 4 rings (SSSR count). The van der Waals surface area contributed by atoms with Gasteiger partial charge in [0.15, 0.2) is 5.82 Å². The molecule has 0 aliphatic carbocycles. The molecule has 7 nitrogen and oxygen atoms in total. The fourth-order valence-electron chi connectivity index (χ4n) is 3.29. The number of rotatable bonds is 3. The molecule has 1 atom stereocenters. The number of aryl methyl sites for hydroxylation is 1. The number of para-hydroxylation sites is 1. The van der Waals surface area contributed by atoms with Gasteiger partial charge in [0.05, 0.1) is 12.0 Å². The second-order valence-corrected chi connectivity index (χ2v) is 6.41. The number of anilines is 1. The van der Waals surface area contributed by atoms with Gasteiger partial charge in [0.25, 0.3) is 0 Å². The largest absolute Gasteiger partial charge is 0.464 e. The van der Waals surface area contributed by atoms with Gasteiger partial charge in [0, 0.05) is 31.5 Å². The van der Waals surface area contributed by atoms with Crippen LogP contribution >= 0.6 is 0 Å². The van der Waals surface area contributed by atoms with E-state index in [1.807, 2.05) is 36.4 Å². The van der Waals surface area contributed by atoms with Crippen molar-refractivity contribution in [1.82, 2.24) is 15.0 Å². The monoisotopic (exact) mass is 352 g/mol. The van der Waals surface area contributed by atoms with Crippen molar-refractivity contribution in [1.29, 1.82) is 0 Å². The van der Waals surface area contributed by atoms with Gasteiger partial charge < -0.3 is 19.2 Å². The Bertz CT molecular complexity index is 888. The summed E-state index contributed by atoms with van der Waals surface area (Å²) in [6, 6.07) is 11.2. The molecule has 3 heterocycles. The van der Waals surface area contributed by atoms with Crippen LogP contribution in [0.25, 0.3) is 11.3 Å². The molecule has 7 heteroatoms. The molecule has 0 saturated carbocycles. The van der Waals surface area contributed by atoms with Crippen molar-refractivity contribution in [3.05, 3.63) is 54.4 Å². The number of piperidine rings is 1. The lowest BCUT2D eigenvalue weighted by atomic mass is 9.97. The maximum Gasteiger partial charge on any atom is 0.321 e. The molecule has 1 aromatic carbocycles. The number of carbonyl (C=O) groups excluding carboxylic acids is 1. The van der Waals surface area contributed by atoms with Crippen molar-refractivity contribution < 1.29 is 13.7 Å². The van der Waals surface area contributed by atoms with Gasteiger partial charge in [-0.2, -0.15) is 4.98 Å². The number of likely N-dealkylation sites (tertiary alicyclic amines) is 1. The third-order valence-electron chi connectivity index (χ3n) is 4.57. The van der Waals surface area contributed by atoms with Crippen LogP contribution in [0.5, 0.6) is 0 Å². The molecular weight excluding hydrogens is 332 g/mol. The molecule has 1 N–H and O–H groups in total. The van der Waals surface area contributed by atoms with Crippen LogP contribution in [-0.4, -0.2) is 34.2 Å². The maximum absolute atomic E-state index is 12.8. The van der Waals surface area contributed by atoms with Gasteiger partial charge in [-0.15, -0.1) is 0 Å². The molecule has 3 aromatic rings. The molecule has 1 saturated heterocycles. The van der Waals surface area contributed by atoms with Crippen LogP contribution in [0.4, 0.5) is 10.5 Å². The first-order chi connectivity index (χ1) is 12.7. The molecule has 134 valence electrons. The summed E-state index contributed by atoms with van der Waals surface area (Å²) in [4.78, 5) is 18.9. The van der Waals surface area contributed by atoms with E-state index in [0.717, 1.165) is 29.9 Å². The average Bonchev–Trinajstić information content (AvgIpc) is 3.34. The standard InChI is InChI=1S/C19H20N4O3/c1-13-20-18(22-26-13)14-6-4-10-23(12-14)19(24)21-16-8-3-2-7-15(16)17-9-5-11-25-17/h2-3,5,7-9,11,14H,4,6,10,12H2,1H3,(H,21,24)/t14-/m0/s1. The lowest BCUT2D eigenvalue weighted by Gasteiger charge is -2.31. The number of furan rings is 1. The summed E-state index contributed by atoms with van der Waals surface area (Å²) in [5.74, 6) is 2.05. The molecule has 1 aliphatic heterocycles. The maximum atomic E-state index is 12.8. The molecule has 0 spiro atoms. The summed E-state index contributed by atoms with van der Waals surface area (Å²) in [5.41, 5.74) is 1.58. The van der Waals surface area contributed by atoms with Gasteiger partial charge in [0.2, 0.25) is 5.89 Å². The zero-order chi connectivity index (χ0) is 17.9. The summed E-state index contributed by atoms with van der Waals surface area (Å²) in [6.07, 6.45) is 3.48. The number of hydrogen-bond donors (Lipinski definition) is 1. The first-order valence-electron chi connectivity index (χ1n) is 8.70. The van der Waals surface area contributed by atoms with Gasteiger partial charge in [-0.1, -0.05) is 17.3 Å². The number of aromatic nitrogens is 2. The number of urea groups is 1. The molecule has 0 bridgehead atoms. The van der Waals surface area contributed by atoms with Gasteiger partial charge >= 0.3 is 6.03 Å². The molecule has 1 fully saturated rings. The van der Waals surface area contributed by atoms with Gasteiger partial charge in [-0.05, 0) is 37.1 Å². The molecule has 1 aliphatic rings. The molecule has 0 unspecified atom stereocenters. The third kappa shape index (κ3) is 3.33. The van der Waals surface area contributed by atoms with Crippen LogP contribution in [0.2, 0.25) is 0 Å². The number of benzene rings is 1. The number of amides is 2. The fraction of sp³-hybridized carbons (Fsp3) is 0.316. The zero-order valence-electron chi connectivity index (χ0n) is 14.5. The van der Waals surface area contributed by atoms with Crippen LogP contribution in [0.15, 0.2) is 51.6 Å². The molecule has 26 heavy (non-hydrogen) atoms. The van der Waals surface area contributed by atoms with Gasteiger partial charge in [-0.25, -0.2) is 4.79 Å². The highest BCUT2D eigenvalue weighted by Gasteiger charge is 2.28. The van der Waals surface area contributed by atoms with Crippen LogP contribution in [0, 0.1) is 6.92 Å². The molecule has 0 radical (unpaired) electrons.